The molecule has 1 fully saturated rings. The van der Waals surface area contributed by atoms with Gasteiger partial charge >= 0.3 is 5.69 Å². The van der Waals surface area contributed by atoms with Crippen molar-refractivity contribution in [3.8, 4) is 5.75 Å². The molecule has 0 amide bonds. The molecule has 0 saturated carbocycles. The van der Waals surface area contributed by atoms with Crippen LogP contribution in [0.5, 0.6) is 5.75 Å². The van der Waals surface area contributed by atoms with Crippen molar-refractivity contribution in [2.75, 3.05) is 24.6 Å². The van der Waals surface area contributed by atoms with Gasteiger partial charge in [-0.25, -0.2) is 4.79 Å². The van der Waals surface area contributed by atoms with Gasteiger partial charge in [-0.15, -0.1) is 0 Å². The number of anilines is 1. The van der Waals surface area contributed by atoms with Gasteiger partial charge in [0.25, 0.3) is 5.56 Å². The zero-order chi connectivity index (χ0) is 23.9. The second kappa shape index (κ2) is 9.40. The number of piperidine rings is 1. The molecule has 0 radical (unpaired) electrons. The molecule has 33 heavy (non-hydrogen) atoms. The molecule has 2 aromatic heterocycles. The van der Waals surface area contributed by atoms with Crippen molar-refractivity contribution in [2.45, 2.75) is 32.4 Å². The summed E-state index contributed by atoms with van der Waals surface area (Å²) >= 11 is 12.1. The molecule has 2 atom stereocenters. The van der Waals surface area contributed by atoms with Gasteiger partial charge in [-0.2, -0.15) is 4.98 Å². The first-order valence-electron chi connectivity index (χ1n) is 10.8. The van der Waals surface area contributed by atoms with Crippen LogP contribution in [0.3, 0.4) is 0 Å². The highest BCUT2D eigenvalue weighted by Crippen LogP contribution is 2.28. The largest absolute Gasteiger partial charge is 0.489 e. The number of aryl methyl sites for hydroxylation is 1. The molecule has 3 heterocycles. The van der Waals surface area contributed by atoms with E-state index < -0.39 is 17.4 Å². The van der Waals surface area contributed by atoms with Crippen LogP contribution in [0, 0.1) is 5.92 Å². The van der Waals surface area contributed by atoms with Gasteiger partial charge in [-0.3, -0.25) is 13.9 Å². The maximum atomic E-state index is 13.0. The van der Waals surface area contributed by atoms with Gasteiger partial charge < -0.3 is 19.3 Å². The van der Waals surface area contributed by atoms with E-state index in [1.807, 2.05) is 0 Å². The number of hydrogen-bond acceptors (Lipinski definition) is 6. The average molecular weight is 496 g/mol. The van der Waals surface area contributed by atoms with Gasteiger partial charge in [0.1, 0.15) is 18.5 Å². The Morgan fingerprint density at radius 3 is 2.70 bits per heavy atom. The molecule has 1 aromatic carbocycles. The number of ether oxygens (including phenoxy) is 1. The summed E-state index contributed by atoms with van der Waals surface area (Å²) in [6, 6.07) is 4.85. The summed E-state index contributed by atoms with van der Waals surface area (Å²) in [5.74, 6) is 1.44. The van der Waals surface area contributed by atoms with Crippen LogP contribution >= 0.6 is 23.2 Å². The van der Waals surface area contributed by atoms with E-state index in [0.717, 1.165) is 30.5 Å². The predicted molar refractivity (Wildman–Crippen MR) is 129 cm³/mol. The standard InChI is InChI=1S/C22H27Cl2N5O4/c1-13-5-4-8-28(10-13)21-25-19-18(20(31)27(3)22(32)26(19)2)29(21)11-15(30)12-33-17-7-6-14(23)9-16(17)24/h6-7,9,13,15,30H,4-5,8,10-12H2,1-3H3. The Hall–Kier alpha value is -2.49. The Morgan fingerprint density at radius 2 is 2.00 bits per heavy atom. The fraction of sp³-hybridized carbons (Fsp3) is 0.500. The number of aliphatic hydroxyl groups is 1. The first kappa shape index (κ1) is 23.7. The second-order valence-electron chi connectivity index (χ2n) is 8.63. The van der Waals surface area contributed by atoms with Crippen molar-refractivity contribution in [3.05, 3.63) is 49.1 Å². The predicted octanol–water partition coefficient (Wildman–Crippen LogP) is 2.42. The van der Waals surface area contributed by atoms with E-state index in [0.29, 0.717) is 33.3 Å². The summed E-state index contributed by atoms with van der Waals surface area (Å²) in [6.45, 7) is 3.75. The van der Waals surface area contributed by atoms with Crippen LogP contribution in [-0.4, -0.2) is 49.6 Å². The van der Waals surface area contributed by atoms with E-state index in [-0.39, 0.29) is 18.7 Å². The SMILES string of the molecule is CC1CCCN(c2nc3c(c(=O)n(C)c(=O)n3C)n2CC(O)COc2ccc(Cl)cc2Cl)C1. The van der Waals surface area contributed by atoms with E-state index in [9.17, 15) is 14.7 Å². The summed E-state index contributed by atoms with van der Waals surface area (Å²) < 4.78 is 9.80. The van der Waals surface area contributed by atoms with Crippen LogP contribution in [0.25, 0.3) is 11.2 Å². The smallest absolute Gasteiger partial charge is 0.332 e. The Morgan fingerprint density at radius 1 is 1.24 bits per heavy atom. The van der Waals surface area contributed by atoms with Crippen molar-refractivity contribution in [1.29, 1.82) is 0 Å². The van der Waals surface area contributed by atoms with Crippen molar-refractivity contribution in [2.24, 2.45) is 20.0 Å². The van der Waals surface area contributed by atoms with Crippen molar-refractivity contribution in [3.63, 3.8) is 0 Å². The minimum atomic E-state index is -0.961. The van der Waals surface area contributed by atoms with Gasteiger partial charge in [0.15, 0.2) is 11.2 Å². The molecule has 4 rings (SSSR count). The molecular formula is C22H27Cl2N5O4. The summed E-state index contributed by atoms with van der Waals surface area (Å²) in [7, 11) is 3.03. The molecule has 9 nitrogen and oxygen atoms in total. The lowest BCUT2D eigenvalue weighted by atomic mass is 10.0. The molecule has 1 saturated heterocycles. The summed E-state index contributed by atoms with van der Waals surface area (Å²) in [5.41, 5.74) is -0.329. The molecule has 1 N–H and O–H groups in total. The fourth-order valence-electron chi connectivity index (χ4n) is 4.26. The number of hydrogen-bond donors (Lipinski definition) is 1. The molecule has 1 aliphatic rings. The minimum Gasteiger partial charge on any atom is -0.489 e. The van der Waals surface area contributed by atoms with E-state index in [1.165, 1.54) is 11.6 Å². The molecule has 0 aliphatic carbocycles. The Labute approximate surface area is 200 Å². The van der Waals surface area contributed by atoms with Gasteiger partial charge in [0.05, 0.1) is 11.6 Å². The number of imidazole rings is 1. The van der Waals surface area contributed by atoms with E-state index in [2.05, 4.69) is 16.8 Å². The lowest BCUT2D eigenvalue weighted by molar-refractivity contribution is 0.0936. The molecule has 1 aliphatic heterocycles. The zero-order valence-electron chi connectivity index (χ0n) is 18.8. The number of halogens is 2. The number of aliphatic hydroxyl groups excluding tert-OH is 1. The third-order valence-electron chi connectivity index (χ3n) is 5.99. The topological polar surface area (TPSA) is 94.5 Å². The third kappa shape index (κ3) is 4.62. The minimum absolute atomic E-state index is 0.0526. The molecule has 11 heteroatoms. The van der Waals surface area contributed by atoms with Gasteiger partial charge in [0, 0.05) is 32.2 Å². The average Bonchev–Trinajstić information content (AvgIpc) is 3.15. The first-order chi connectivity index (χ1) is 15.7. The van der Waals surface area contributed by atoms with Gasteiger partial charge in [0.2, 0.25) is 5.95 Å². The lowest BCUT2D eigenvalue weighted by Crippen LogP contribution is -2.39. The van der Waals surface area contributed by atoms with Crippen LogP contribution in [0.1, 0.15) is 19.8 Å². The quantitative estimate of drug-likeness (QED) is 0.564. The van der Waals surface area contributed by atoms with Crippen molar-refractivity contribution < 1.29 is 9.84 Å². The maximum Gasteiger partial charge on any atom is 0.332 e. The monoisotopic (exact) mass is 495 g/mol. The number of fused-ring (bicyclic) bond motifs is 1. The summed E-state index contributed by atoms with van der Waals surface area (Å²) in [5, 5.41) is 11.6. The normalized spacial score (nSPS) is 17.5. The van der Waals surface area contributed by atoms with Crippen LogP contribution in [-0.2, 0) is 20.6 Å². The second-order valence-corrected chi connectivity index (χ2v) is 9.48. The molecule has 3 aromatic rings. The lowest BCUT2D eigenvalue weighted by Gasteiger charge is -2.32. The first-order valence-corrected chi connectivity index (χ1v) is 11.6. The van der Waals surface area contributed by atoms with Crippen LogP contribution in [0.15, 0.2) is 27.8 Å². The number of benzene rings is 1. The van der Waals surface area contributed by atoms with E-state index in [1.54, 1.807) is 29.8 Å². The van der Waals surface area contributed by atoms with Crippen LogP contribution in [0.4, 0.5) is 5.95 Å². The van der Waals surface area contributed by atoms with E-state index >= 15 is 0 Å². The molecule has 0 bridgehead atoms. The third-order valence-corrected chi connectivity index (χ3v) is 6.52. The molecule has 178 valence electrons. The molecule has 2 unspecified atom stereocenters. The van der Waals surface area contributed by atoms with Crippen LogP contribution < -0.4 is 20.9 Å². The maximum absolute atomic E-state index is 13.0. The molecular weight excluding hydrogens is 469 g/mol. The molecule has 0 spiro atoms. The highest BCUT2D eigenvalue weighted by atomic mass is 35.5. The number of rotatable bonds is 6. The van der Waals surface area contributed by atoms with E-state index in [4.69, 9.17) is 27.9 Å². The van der Waals surface area contributed by atoms with Crippen molar-refractivity contribution >= 4 is 40.3 Å². The fourth-order valence-corrected chi connectivity index (χ4v) is 4.73. The van der Waals surface area contributed by atoms with Gasteiger partial charge in [-0.05, 0) is 37.0 Å². The summed E-state index contributed by atoms with van der Waals surface area (Å²) in [4.78, 5) is 32.3. The van der Waals surface area contributed by atoms with Gasteiger partial charge in [-0.1, -0.05) is 30.1 Å². The van der Waals surface area contributed by atoms with Crippen molar-refractivity contribution in [1.82, 2.24) is 18.7 Å². The number of aromatic nitrogens is 4. The highest BCUT2D eigenvalue weighted by molar-refractivity contribution is 6.35. The number of nitrogens with zero attached hydrogens (tertiary/aromatic N) is 5. The Balaban J connectivity index is 1.70. The summed E-state index contributed by atoms with van der Waals surface area (Å²) in [6.07, 6.45) is 1.16. The Kier molecular flexibility index (Phi) is 6.74. The highest BCUT2D eigenvalue weighted by Gasteiger charge is 2.27. The van der Waals surface area contributed by atoms with Crippen LogP contribution in [0.2, 0.25) is 10.0 Å². The Bertz CT molecular complexity index is 1300. The zero-order valence-corrected chi connectivity index (χ0v) is 20.3.